The van der Waals surface area contributed by atoms with Crippen LogP contribution in [0.15, 0.2) is 72.8 Å². The van der Waals surface area contributed by atoms with Crippen LogP contribution in [0, 0.1) is 0 Å². The summed E-state index contributed by atoms with van der Waals surface area (Å²) in [5, 5.41) is 0. The van der Waals surface area contributed by atoms with Crippen LogP contribution < -0.4 is 14.2 Å². The summed E-state index contributed by atoms with van der Waals surface area (Å²) in [5.41, 5.74) is 2.18. The fourth-order valence-electron chi connectivity index (χ4n) is 4.58. The molecule has 220 valence electrons. The Morgan fingerprint density at radius 2 is 0.902 bits per heavy atom. The van der Waals surface area contributed by atoms with Crippen LogP contribution in [0.4, 0.5) is 0 Å². The van der Waals surface area contributed by atoms with E-state index in [-0.39, 0.29) is 0 Å². The van der Waals surface area contributed by atoms with Gasteiger partial charge in [-0.1, -0.05) is 90.2 Å². The molecule has 0 amide bonds. The molecule has 0 saturated heterocycles. The molecule has 0 unspecified atom stereocenters. The molecule has 0 aliphatic heterocycles. The number of unbranched alkanes of at least 4 members (excludes halogenated alkanes) is 10. The van der Waals surface area contributed by atoms with Crippen LogP contribution in [0.25, 0.3) is 0 Å². The van der Waals surface area contributed by atoms with Crippen molar-refractivity contribution < 1.29 is 23.8 Å². The van der Waals surface area contributed by atoms with Gasteiger partial charge in [0.05, 0.1) is 17.7 Å². The molecule has 5 heteroatoms. The summed E-state index contributed by atoms with van der Waals surface area (Å²) < 4.78 is 16.8. The van der Waals surface area contributed by atoms with Crippen molar-refractivity contribution >= 4 is 11.9 Å². The number of ether oxygens (including phenoxy) is 3. The van der Waals surface area contributed by atoms with Crippen molar-refractivity contribution in [2.24, 2.45) is 0 Å². The first-order valence-corrected chi connectivity index (χ1v) is 15.4. The quantitative estimate of drug-likeness (QED) is 0.0832. The van der Waals surface area contributed by atoms with Crippen molar-refractivity contribution in [2.75, 3.05) is 6.61 Å². The predicted molar refractivity (Wildman–Crippen MR) is 165 cm³/mol. The van der Waals surface area contributed by atoms with Gasteiger partial charge in [-0.25, -0.2) is 9.59 Å². The predicted octanol–water partition coefficient (Wildman–Crippen LogP) is 9.77. The summed E-state index contributed by atoms with van der Waals surface area (Å²) in [6.07, 6.45) is 15.9. The number of benzene rings is 3. The van der Waals surface area contributed by atoms with Gasteiger partial charge in [0.15, 0.2) is 0 Å². The number of aryl methyl sites for hydroxylation is 1. The molecule has 0 N–H and O–H groups in total. The van der Waals surface area contributed by atoms with Crippen LogP contribution in [0.1, 0.15) is 117 Å². The fourth-order valence-corrected chi connectivity index (χ4v) is 4.58. The first-order valence-electron chi connectivity index (χ1n) is 15.4. The Kier molecular flexibility index (Phi) is 14.6. The van der Waals surface area contributed by atoms with E-state index in [1.807, 2.05) is 24.3 Å². The van der Waals surface area contributed by atoms with Crippen molar-refractivity contribution in [2.45, 2.75) is 97.3 Å². The molecule has 0 aromatic heterocycles. The molecule has 0 atom stereocenters. The molecule has 0 aliphatic carbocycles. The number of rotatable bonds is 19. The van der Waals surface area contributed by atoms with Gasteiger partial charge >= 0.3 is 11.9 Å². The summed E-state index contributed by atoms with van der Waals surface area (Å²) in [5.74, 6) is 0.627. The highest BCUT2D eigenvalue weighted by Crippen LogP contribution is 2.21. The SMILES string of the molecule is CCCCCCCCOc1ccc(C(=O)Oc2ccc(OC(=O)c3ccc(CCCCCCCC)cc3)cc2)cc1. The van der Waals surface area contributed by atoms with Gasteiger partial charge in [-0.05, 0) is 85.5 Å². The first-order chi connectivity index (χ1) is 20.1. The van der Waals surface area contributed by atoms with Crippen molar-refractivity contribution in [3.63, 3.8) is 0 Å². The van der Waals surface area contributed by atoms with Gasteiger partial charge in [0.2, 0.25) is 0 Å². The van der Waals surface area contributed by atoms with Crippen molar-refractivity contribution in [1.82, 2.24) is 0 Å². The van der Waals surface area contributed by atoms with E-state index in [9.17, 15) is 9.59 Å². The number of esters is 2. The molecule has 0 aliphatic rings. The van der Waals surface area contributed by atoms with Gasteiger partial charge in [-0.15, -0.1) is 0 Å². The van der Waals surface area contributed by atoms with E-state index >= 15 is 0 Å². The minimum Gasteiger partial charge on any atom is -0.494 e. The van der Waals surface area contributed by atoms with Crippen molar-refractivity contribution in [3.05, 3.63) is 89.5 Å². The molecule has 0 spiro atoms. The molecule has 0 radical (unpaired) electrons. The highest BCUT2D eigenvalue weighted by molar-refractivity contribution is 5.92. The van der Waals surface area contributed by atoms with Crippen LogP contribution in [0.3, 0.4) is 0 Å². The Hall–Kier alpha value is -3.60. The Morgan fingerprint density at radius 3 is 1.41 bits per heavy atom. The molecule has 5 nitrogen and oxygen atoms in total. The summed E-state index contributed by atoms with van der Waals surface area (Å²) in [4.78, 5) is 25.1. The number of hydrogen-bond donors (Lipinski definition) is 0. The van der Waals surface area contributed by atoms with Gasteiger partial charge in [0, 0.05) is 0 Å². The molecule has 3 rings (SSSR count). The summed E-state index contributed by atoms with van der Waals surface area (Å²) in [6.45, 7) is 5.13. The Morgan fingerprint density at radius 1 is 0.488 bits per heavy atom. The fraction of sp³-hybridized carbons (Fsp3) is 0.444. The second kappa shape index (κ2) is 18.7. The molecule has 3 aromatic carbocycles. The lowest BCUT2D eigenvalue weighted by atomic mass is 10.0. The third kappa shape index (κ3) is 12.2. The zero-order valence-electron chi connectivity index (χ0n) is 24.9. The van der Waals surface area contributed by atoms with Gasteiger partial charge in [-0.3, -0.25) is 0 Å². The molecular formula is C36H46O5. The van der Waals surface area contributed by atoms with E-state index in [1.54, 1.807) is 48.5 Å². The van der Waals surface area contributed by atoms with Crippen LogP contribution >= 0.6 is 0 Å². The number of hydrogen-bond acceptors (Lipinski definition) is 5. The maximum atomic E-state index is 12.6. The van der Waals surface area contributed by atoms with Crippen molar-refractivity contribution in [3.8, 4) is 17.2 Å². The molecular weight excluding hydrogens is 512 g/mol. The second-order valence-electron chi connectivity index (χ2n) is 10.6. The number of carbonyl (C=O) groups excluding carboxylic acids is 2. The van der Waals surface area contributed by atoms with E-state index < -0.39 is 11.9 Å². The average Bonchev–Trinajstić information content (AvgIpc) is 3.00. The lowest BCUT2D eigenvalue weighted by Crippen LogP contribution is -2.09. The third-order valence-corrected chi connectivity index (χ3v) is 7.11. The standard InChI is InChI=1S/C36H46O5/c1-3-5-7-9-11-13-15-29-16-18-30(19-17-29)35(37)40-33-24-26-34(27-25-33)41-36(38)31-20-22-32(23-21-31)39-28-14-12-10-8-6-4-2/h16-27H,3-15,28H2,1-2H3. The van der Waals surface area contributed by atoms with E-state index in [4.69, 9.17) is 14.2 Å². The Bertz CT molecular complexity index is 1150. The maximum absolute atomic E-state index is 12.6. The van der Waals surface area contributed by atoms with Crippen molar-refractivity contribution in [1.29, 1.82) is 0 Å². The van der Waals surface area contributed by atoms with Crippen LogP contribution in [-0.2, 0) is 6.42 Å². The lowest BCUT2D eigenvalue weighted by molar-refractivity contribution is 0.0719. The normalized spacial score (nSPS) is 10.8. The van der Waals surface area contributed by atoms with E-state index in [1.165, 1.54) is 76.2 Å². The van der Waals surface area contributed by atoms with E-state index in [0.29, 0.717) is 29.2 Å². The lowest BCUT2D eigenvalue weighted by Gasteiger charge is -2.09. The Balaban J connectivity index is 1.39. The Labute approximate surface area is 246 Å². The van der Waals surface area contributed by atoms with Crippen LogP contribution in [0.2, 0.25) is 0 Å². The van der Waals surface area contributed by atoms with E-state index in [2.05, 4.69) is 13.8 Å². The minimum absolute atomic E-state index is 0.372. The zero-order chi connectivity index (χ0) is 29.1. The van der Waals surface area contributed by atoms with E-state index in [0.717, 1.165) is 18.6 Å². The summed E-state index contributed by atoms with van der Waals surface area (Å²) in [7, 11) is 0. The minimum atomic E-state index is -0.460. The average molecular weight is 559 g/mol. The maximum Gasteiger partial charge on any atom is 0.343 e. The monoisotopic (exact) mass is 558 g/mol. The van der Waals surface area contributed by atoms with Gasteiger partial charge in [-0.2, -0.15) is 0 Å². The van der Waals surface area contributed by atoms with Gasteiger partial charge < -0.3 is 14.2 Å². The van der Waals surface area contributed by atoms with Gasteiger partial charge in [0.25, 0.3) is 0 Å². The number of carbonyl (C=O) groups is 2. The topological polar surface area (TPSA) is 61.8 Å². The van der Waals surface area contributed by atoms with Crippen LogP contribution in [0.5, 0.6) is 17.2 Å². The highest BCUT2D eigenvalue weighted by atomic mass is 16.5. The highest BCUT2D eigenvalue weighted by Gasteiger charge is 2.11. The smallest absolute Gasteiger partial charge is 0.343 e. The molecule has 41 heavy (non-hydrogen) atoms. The summed E-state index contributed by atoms with van der Waals surface area (Å²) >= 11 is 0. The molecule has 0 saturated carbocycles. The third-order valence-electron chi connectivity index (χ3n) is 7.11. The molecule has 3 aromatic rings. The molecule has 0 heterocycles. The largest absolute Gasteiger partial charge is 0.494 e. The first kappa shape index (κ1) is 31.9. The second-order valence-corrected chi connectivity index (χ2v) is 10.6. The molecule has 0 bridgehead atoms. The van der Waals surface area contributed by atoms with Crippen LogP contribution in [-0.4, -0.2) is 18.5 Å². The zero-order valence-corrected chi connectivity index (χ0v) is 24.9. The molecule has 0 fully saturated rings. The summed E-state index contributed by atoms with van der Waals surface area (Å²) in [6, 6.07) is 21.1. The van der Waals surface area contributed by atoms with Gasteiger partial charge in [0.1, 0.15) is 17.2 Å².